The molecule has 1 aromatic carbocycles. The van der Waals surface area contributed by atoms with E-state index in [9.17, 15) is 14.7 Å². The van der Waals surface area contributed by atoms with E-state index in [-0.39, 0.29) is 17.2 Å². The van der Waals surface area contributed by atoms with Crippen molar-refractivity contribution in [2.45, 2.75) is 32.7 Å². The SMILES string of the molecule is CC1(C)CC1C(=O)N[C@H](Cc1ccccc1)C(=O)O. The van der Waals surface area contributed by atoms with Crippen molar-refractivity contribution in [2.24, 2.45) is 11.3 Å². The minimum absolute atomic E-state index is 0.0138. The minimum Gasteiger partial charge on any atom is -0.480 e. The highest BCUT2D eigenvalue weighted by atomic mass is 16.4. The van der Waals surface area contributed by atoms with Crippen LogP contribution < -0.4 is 5.32 Å². The van der Waals surface area contributed by atoms with Crippen LogP contribution in [0.3, 0.4) is 0 Å². The van der Waals surface area contributed by atoms with Crippen molar-refractivity contribution in [3.63, 3.8) is 0 Å². The number of aliphatic carboxylic acids is 1. The van der Waals surface area contributed by atoms with Crippen LogP contribution in [0.1, 0.15) is 25.8 Å². The fourth-order valence-corrected chi connectivity index (χ4v) is 2.24. The molecule has 1 aliphatic carbocycles. The first-order valence-corrected chi connectivity index (χ1v) is 6.47. The first kappa shape index (κ1) is 13.6. The van der Waals surface area contributed by atoms with Crippen LogP contribution in [0.15, 0.2) is 30.3 Å². The van der Waals surface area contributed by atoms with E-state index in [1.807, 2.05) is 44.2 Å². The Hall–Kier alpha value is -1.84. The zero-order valence-corrected chi connectivity index (χ0v) is 11.2. The van der Waals surface area contributed by atoms with E-state index in [0.717, 1.165) is 12.0 Å². The molecule has 0 heterocycles. The molecule has 1 fully saturated rings. The van der Waals surface area contributed by atoms with Crippen molar-refractivity contribution < 1.29 is 14.7 Å². The van der Waals surface area contributed by atoms with Crippen LogP contribution in [0, 0.1) is 11.3 Å². The standard InChI is InChI=1S/C15H19NO3/c1-15(2)9-11(15)13(17)16-12(14(18)19)8-10-6-4-3-5-7-10/h3-7,11-12H,8-9H2,1-2H3,(H,16,17)(H,18,19)/t11?,12-/m1/s1. The summed E-state index contributed by atoms with van der Waals surface area (Å²) in [6.07, 6.45) is 1.14. The van der Waals surface area contributed by atoms with Crippen molar-refractivity contribution in [3.05, 3.63) is 35.9 Å². The molecule has 0 saturated heterocycles. The molecule has 2 rings (SSSR count). The smallest absolute Gasteiger partial charge is 0.326 e. The summed E-state index contributed by atoms with van der Waals surface area (Å²) in [6, 6.07) is 8.48. The molecule has 1 unspecified atom stereocenters. The van der Waals surface area contributed by atoms with E-state index in [4.69, 9.17) is 0 Å². The molecule has 0 radical (unpaired) electrons. The Labute approximate surface area is 112 Å². The number of carbonyl (C=O) groups is 2. The third kappa shape index (κ3) is 3.34. The summed E-state index contributed by atoms with van der Waals surface area (Å²) >= 11 is 0. The van der Waals surface area contributed by atoms with Crippen LogP contribution >= 0.6 is 0 Å². The first-order chi connectivity index (χ1) is 8.90. The molecule has 19 heavy (non-hydrogen) atoms. The van der Waals surface area contributed by atoms with Gasteiger partial charge in [0.1, 0.15) is 6.04 Å². The Morgan fingerprint density at radius 3 is 2.42 bits per heavy atom. The molecule has 102 valence electrons. The summed E-state index contributed by atoms with van der Waals surface area (Å²) in [5.74, 6) is -1.19. The van der Waals surface area contributed by atoms with Crippen LogP contribution in [0.4, 0.5) is 0 Å². The highest BCUT2D eigenvalue weighted by molar-refractivity contribution is 5.87. The van der Waals surface area contributed by atoms with E-state index < -0.39 is 12.0 Å². The molecule has 1 saturated carbocycles. The summed E-state index contributed by atoms with van der Waals surface area (Å²) in [4.78, 5) is 23.2. The largest absolute Gasteiger partial charge is 0.480 e. The van der Waals surface area contributed by atoms with Gasteiger partial charge in [0.25, 0.3) is 0 Å². The molecule has 1 amide bonds. The molecular weight excluding hydrogens is 242 g/mol. The van der Waals surface area contributed by atoms with Crippen molar-refractivity contribution in [2.75, 3.05) is 0 Å². The van der Waals surface area contributed by atoms with Gasteiger partial charge in [-0.05, 0) is 17.4 Å². The van der Waals surface area contributed by atoms with Crippen molar-refractivity contribution >= 4 is 11.9 Å². The summed E-state index contributed by atoms with van der Waals surface area (Å²) in [6.45, 7) is 4.04. The zero-order chi connectivity index (χ0) is 14.0. The molecule has 0 bridgehead atoms. The minimum atomic E-state index is -0.990. The Bertz CT molecular complexity index is 481. The van der Waals surface area contributed by atoms with Crippen molar-refractivity contribution in [1.82, 2.24) is 5.32 Å². The number of rotatable bonds is 5. The van der Waals surface area contributed by atoms with Gasteiger partial charge in [-0.1, -0.05) is 44.2 Å². The topological polar surface area (TPSA) is 66.4 Å². The third-order valence-electron chi connectivity index (χ3n) is 3.73. The molecule has 4 heteroatoms. The Balaban J connectivity index is 1.98. The van der Waals surface area contributed by atoms with Crippen LogP contribution in [-0.4, -0.2) is 23.0 Å². The third-order valence-corrected chi connectivity index (χ3v) is 3.73. The van der Waals surface area contributed by atoms with Gasteiger partial charge in [0.2, 0.25) is 5.91 Å². The number of carbonyl (C=O) groups excluding carboxylic acids is 1. The zero-order valence-electron chi connectivity index (χ0n) is 11.2. The maximum atomic E-state index is 12.0. The van der Waals surface area contributed by atoms with E-state index in [0.29, 0.717) is 6.42 Å². The number of carboxylic acids is 1. The number of amides is 1. The molecular formula is C15H19NO3. The second-order valence-corrected chi connectivity index (χ2v) is 5.83. The van der Waals surface area contributed by atoms with Gasteiger partial charge in [-0.3, -0.25) is 4.79 Å². The van der Waals surface area contributed by atoms with Gasteiger partial charge in [-0.2, -0.15) is 0 Å². The molecule has 1 aliphatic rings. The summed E-state index contributed by atoms with van der Waals surface area (Å²) in [5.41, 5.74) is 0.921. The van der Waals surface area contributed by atoms with Gasteiger partial charge in [0, 0.05) is 12.3 Å². The molecule has 0 aliphatic heterocycles. The monoisotopic (exact) mass is 261 g/mol. The molecule has 2 atom stereocenters. The number of nitrogens with one attached hydrogen (secondary N) is 1. The lowest BCUT2D eigenvalue weighted by Gasteiger charge is -2.15. The van der Waals surface area contributed by atoms with E-state index in [1.54, 1.807) is 0 Å². The molecule has 4 nitrogen and oxygen atoms in total. The number of hydrogen-bond acceptors (Lipinski definition) is 2. The average Bonchev–Trinajstić information content (AvgIpc) is 2.99. The van der Waals surface area contributed by atoms with Gasteiger partial charge >= 0.3 is 5.97 Å². The highest BCUT2D eigenvalue weighted by Gasteiger charge is 2.51. The quantitative estimate of drug-likeness (QED) is 0.850. The van der Waals surface area contributed by atoms with E-state index in [2.05, 4.69) is 5.32 Å². The molecule has 1 aromatic rings. The normalized spacial score (nSPS) is 21.5. The van der Waals surface area contributed by atoms with Gasteiger partial charge in [0.15, 0.2) is 0 Å². The number of benzene rings is 1. The first-order valence-electron chi connectivity index (χ1n) is 6.47. The maximum Gasteiger partial charge on any atom is 0.326 e. The predicted octanol–water partition coefficient (Wildman–Crippen LogP) is 1.84. The fourth-order valence-electron chi connectivity index (χ4n) is 2.24. The van der Waals surface area contributed by atoms with Crippen LogP contribution in [0.25, 0.3) is 0 Å². The maximum absolute atomic E-state index is 12.0. The van der Waals surface area contributed by atoms with Crippen molar-refractivity contribution in [1.29, 1.82) is 0 Å². The lowest BCUT2D eigenvalue weighted by Crippen LogP contribution is -2.43. The lowest BCUT2D eigenvalue weighted by atomic mass is 10.0. The van der Waals surface area contributed by atoms with E-state index >= 15 is 0 Å². The van der Waals surface area contributed by atoms with Gasteiger partial charge in [-0.25, -0.2) is 4.79 Å². The van der Waals surface area contributed by atoms with Crippen LogP contribution in [-0.2, 0) is 16.0 Å². The molecule has 0 aromatic heterocycles. The van der Waals surface area contributed by atoms with Crippen LogP contribution in [0.5, 0.6) is 0 Å². The van der Waals surface area contributed by atoms with Gasteiger partial charge < -0.3 is 10.4 Å². The summed E-state index contributed by atoms with van der Waals surface area (Å²) in [5, 5.41) is 11.8. The van der Waals surface area contributed by atoms with Gasteiger partial charge in [0.05, 0.1) is 0 Å². The lowest BCUT2D eigenvalue weighted by molar-refractivity contribution is -0.142. The summed E-state index contributed by atoms with van der Waals surface area (Å²) < 4.78 is 0. The Kier molecular flexibility index (Phi) is 3.60. The average molecular weight is 261 g/mol. The van der Waals surface area contributed by atoms with Gasteiger partial charge in [-0.15, -0.1) is 0 Å². The molecule has 2 N–H and O–H groups in total. The number of hydrogen-bond donors (Lipinski definition) is 2. The second-order valence-electron chi connectivity index (χ2n) is 5.83. The summed E-state index contributed by atoms with van der Waals surface area (Å²) in [7, 11) is 0. The Morgan fingerprint density at radius 2 is 1.95 bits per heavy atom. The molecule has 0 spiro atoms. The Morgan fingerprint density at radius 1 is 1.37 bits per heavy atom. The van der Waals surface area contributed by atoms with Crippen LogP contribution in [0.2, 0.25) is 0 Å². The van der Waals surface area contributed by atoms with E-state index in [1.165, 1.54) is 0 Å². The predicted molar refractivity (Wildman–Crippen MR) is 71.6 cm³/mol. The number of carboxylic acid groups (broad SMARTS) is 1. The highest BCUT2D eigenvalue weighted by Crippen LogP contribution is 2.51. The fraction of sp³-hybridized carbons (Fsp3) is 0.467. The second kappa shape index (κ2) is 5.03. The van der Waals surface area contributed by atoms with Crippen molar-refractivity contribution in [3.8, 4) is 0 Å².